The predicted molar refractivity (Wildman–Crippen MR) is 75.8 cm³/mol. The van der Waals surface area contributed by atoms with Crippen molar-refractivity contribution < 1.29 is 4.52 Å². The van der Waals surface area contributed by atoms with Crippen LogP contribution in [-0.4, -0.2) is 16.7 Å². The zero-order valence-corrected chi connectivity index (χ0v) is 11.8. The number of rotatable bonds is 4. The Labute approximate surface area is 114 Å². The maximum atomic E-state index is 5.46. The zero-order valence-electron chi connectivity index (χ0n) is 11.8. The lowest BCUT2D eigenvalue weighted by molar-refractivity contribution is 0.376. The second kappa shape index (κ2) is 5.53. The van der Waals surface area contributed by atoms with E-state index in [2.05, 4.69) is 43.0 Å². The monoisotopic (exact) mass is 259 g/mol. The van der Waals surface area contributed by atoms with Gasteiger partial charge >= 0.3 is 0 Å². The molecule has 0 bridgehead atoms. The lowest BCUT2D eigenvalue weighted by atomic mass is 9.87. The van der Waals surface area contributed by atoms with Crippen molar-refractivity contribution in [1.29, 1.82) is 0 Å². The van der Waals surface area contributed by atoms with Crippen LogP contribution in [0.1, 0.15) is 38.6 Å². The maximum absolute atomic E-state index is 5.46. The van der Waals surface area contributed by atoms with E-state index in [9.17, 15) is 0 Å². The highest BCUT2D eigenvalue weighted by Crippen LogP contribution is 2.24. The molecular formula is C15H21N3O. The van der Waals surface area contributed by atoms with Crippen LogP contribution in [0.15, 0.2) is 28.8 Å². The number of aryl methyl sites for hydroxylation is 1. The highest BCUT2D eigenvalue weighted by atomic mass is 16.5. The number of nitrogens with zero attached hydrogens (tertiary/aromatic N) is 2. The first-order chi connectivity index (χ1) is 9.00. The molecule has 1 aromatic heterocycles. The van der Waals surface area contributed by atoms with E-state index in [1.807, 2.05) is 12.1 Å². The Kier molecular flexibility index (Phi) is 4.00. The van der Waals surface area contributed by atoms with Gasteiger partial charge in [0.05, 0.1) is 0 Å². The second-order valence-electron chi connectivity index (χ2n) is 5.73. The minimum Gasteiger partial charge on any atom is -0.339 e. The number of nitrogens with two attached hydrogens (primary N) is 1. The molecule has 2 rings (SSSR count). The van der Waals surface area contributed by atoms with Crippen molar-refractivity contribution in [1.82, 2.24) is 10.1 Å². The van der Waals surface area contributed by atoms with Gasteiger partial charge < -0.3 is 10.3 Å². The van der Waals surface area contributed by atoms with Crippen molar-refractivity contribution >= 4 is 0 Å². The van der Waals surface area contributed by atoms with E-state index in [-0.39, 0.29) is 5.41 Å². The first-order valence-corrected chi connectivity index (χ1v) is 6.64. The van der Waals surface area contributed by atoms with E-state index in [0.717, 1.165) is 18.4 Å². The molecule has 0 saturated carbocycles. The quantitative estimate of drug-likeness (QED) is 0.916. The van der Waals surface area contributed by atoms with Crippen LogP contribution in [0.4, 0.5) is 0 Å². The Bertz CT molecular complexity index is 523. The molecular weight excluding hydrogens is 238 g/mol. The average Bonchev–Trinajstić information content (AvgIpc) is 2.84. The van der Waals surface area contributed by atoms with Crippen LogP contribution in [0.2, 0.25) is 0 Å². The third kappa shape index (κ3) is 3.41. The summed E-state index contributed by atoms with van der Waals surface area (Å²) in [6.45, 7) is 7.22. The van der Waals surface area contributed by atoms with Gasteiger partial charge in [-0.1, -0.05) is 50.2 Å². The maximum Gasteiger partial charge on any atom is 0.227 e. The van der Waals surface area contributed by atoms with Gasteiger partial charge in [-0.05, 0) is 23.9 Å². The molecule has 0 aliphatic heterocycles. The van der Waals surface area contributed by atoms with Crippen LogP contribution in [0.5, 0.6) is 0 Å². The molecule has 4 heteroatoms. The lowest BCUT2D eigenvalue weighted by Crippen LogP contribution is -2.10. The summed E-state index contributed by atoms with van der Waals surface area (Å²) in [5, 5.41) is 4.00. The molecule has 2 N–H and O–H groups in total. The van der Waals surface area contributed by atoms with Gasteiger partial charge in [0.2, 0.25) is 11.7 Å². The number of benzene rings is 1. The largest absolute Gasteiger partial charge is 0.339 e. The summed E-state index contributed by atoms with van der Waals surface area (Å²) in [7, 11) is 0. The van der Waals surface area contributed by atoms with E-state index in [4.69, 9.17) is 10.3 Å². The Morgan fingerprint density at radius 3 is 2.42 bits per heavy atom. The Balaban J connectivity index is 2.16. The fourth-order valence-corrected chi connectivity index (χ4v) is 1.85. The third-order valence-electron chi connectivity index (χ3n) is 3.07. The highest BCUT2D eigenvalue weighted by molar-refractivity contribution is 5.55. The summed E-state index contributed by atoms with van der Waals surface area (Å²) in [6.07, 6.45) is 1.61. The molecule has 1 heterocycles. The van der Waals surface area contributed by atoms with Crippen molar-refractivity contribution in [2.45, 2.75) is 39.0 Å². The highest BCUT2D eigenvalue weighted by Gasteiger charge is 2.14. The van der Waals surface area contributed by atoms with Crippen molar-refractivity contribution in [3.8, 4) is 11.4 Å². The summed E-state index contributed by atoms with van der Waals surface area (Å²) < 4.78 is 5.20. The van der Waals surface area contributed by atoms with Gasteiger partial charge in [-0.15, -0.1) is 0 Å². The molecule has 0 spiro atoms. The van der Waals surface area contributed by atoms with E-state index in [0.29, 0.717) is 18.3 Å². The van der Waals surface area contributed by atoms with Crippen molar-refractivity contribution in [3.05, 3.63) is 35.7 Å². The van der Waals surface area contributed by atoms with Crippen molar-refractivity contribution in [2.24, 2.45) is 5.73 Å². The molecule has 0 fully saturated rings. The van der Waals surface area contributed by atoms with E-state index < -0.39 is 0 Å². The van der Waals surface area contributed by atoms with Crippen molar-refractivity contribution in [2.75, 3.05) is 6.54 Å². The van der Waals surface area contributed by atoms with Gasteiger partial charge in [0.15, 0.2) is 0 Å². The van der Waals surface area contributed by atoms with E-state index in [1.54, 1.807) is 0 Å². The van der Waals surface area contributed by atoms with Crippen LogP contribution < -0.4 is 5.73 Å². The Morgan fingerprint density at radius 1 is 1.16 bits per heavy atom. The normalized spacial score (nSPS) is 11.8. The molecule has 0 aliphatic carbocycles. The topological polar surface area (TPSA) is 64.9 Å². The summed E-state index contributed by atoms with van der Waals surface area (Å²) in [6, 6.07) is 8.31. The molecule has 2 aromatic rings. The van der Waals surface area contributed by atoms with E-state index in [1.165, 1.54) is 5.56 Å². The Hall–Kier alpha value is -1.68. The van der Waals surface area contributed by atoms with Crippen LogP contribution in [0.3, 0.4) is 0 Å². The SMILES string of the molecule is CC(C)(C)c1ccc(-c2noc(CCCN)n2)cc1. The first-order valence-electron chi connectivity index (χ1n) is 6.64. The predicted octanol–water partition coefficient (Wildman–Crippen LogP) is 2.93. The molecule has 0 unspecified atom stereocenters. The third-order valence-corrected chi connectivity index (χ3v) is 3.07. The van der Waals surface area contributed by atoms with Crippen LogP contribution in [-0.2, 0) is 11.8 Å². The molecule has 1 aromatic carbocycles. The fourth-order valence-electron chi connectivity index (χ4n) is 1.85. The van der Waals surface area contributed by atoms with Crippen LogP contribution in [0, 0.1) is 0 Å². The molecule has 4 nitrogen and oxygen atoms in total. The van der Waals surface area contributed by atoms with E-state index >= 15 is 0 Å². The summed E-state index contributed by atoms with van der Waals surface area (Å²) in [4.78, 5) is 4.38. The standard InChI is InChI=1S/C15H21N3O/c1-15(2,3)12-8-6-11(7-9-12)14-17-13(19-18-14)5-4-10-16/h6-9H,4-5,10,16H2,1-3H3. The smallest absolute Gasteiger partial charge is 0.227 e. The van der Waals surface area contributed by atoms with Gasteiger partial charge in [-0.3, -0.25) is 0 Å². The summed E-state index contributed by atoms with van der Waals surface area (Å²) in [5.74, 6) is 1.30. The molecule has 0 amide bonds. The van der Waals surface area contributed by atoms with Gasteiger partial charge in [0.1, 0.15) is 0 Å². The lowest BCUT2D eigenvalue weighted by Gasteiger charge is -2.18. The molecule has 0 aliphatic rings. The number of aromatic nitrogens is 2. The molecule has 0 radical (unpaired) electrons. The summed E-state index contributed by atoms with van der Waals surface area (Å²) >= 11 is 0. The second-order valence-corrected chi connectivity index (χ2v) is 5.73. The fraction of sp³-hybridized carbons (Fsp3) is 0.467. The average molecular weight is 259 g/mol. The van der Waals surface area contributed by atoms with Gasteiger partial charge in [0.25, 0.3) is 0 Å². The van der Waals surface area contributed by atoms with Crippen LogP contribution >= 0.6 is 0 Å². The van der Waals surface area contributed by atoms with Crippen molar-refractivity contribution in [3.63, 3.8) is 0 Å². The van der Waals surface area contributed by atoms with Gasteiger partial charge in [-0.2, -0.15) is 4.98 Å². The molecule has 0 atom stereocenters. The van der Waals surface area contributed by atoms with Crippen LogP contribution in [0.25, 0.3) is 11.4 Å². The van der Waals surface area contributed by atoms with Gasteiger partial charge in [-0.25, -0.2) is 0 Å². The number of hydrogen-bond acceptors (Lipinski definition) is 4. The summed E-state index contributed by atoms with van der Waals surface area (Å²) in [5.41, 5.74) is 7.89. The minimum absolute atomic E-state index is 0.155. The molecule has 102 valence electrons. The Morgan fingerprint density at radius 2 is 1.84 bits per heavy atom. The molecule has 0 saturated heterocycles. The zero-order chi connectivity index (χ0) is 13.9. The van der Waals surface area contributed by atoms with Gasteiger partial charge in [0, 0.05) is 12.0 Å². The minimum atomic E-state index is 0.155. The first kappa shape index (κ1) is 13.7. The molecule has 19 heavy (non-hydrogen) atoms. The number of hydrogen-bond donors (Lipinski definition) is 1.